The molecule has 0 aromatic heterocycles. The number of ether oxygens (including phenoxy) is 3. The molecule has 2 aromatic carbocycles. The zero-order valence-corrected chi connectivity index (χ0v) is 14.5. The summed E-state index contributed by atoms with van der Waals surface area (Å²) >= 11 is 0. The summed E-state index contributed by atoms with van der Waals surface area (Å²) in [6.07, 6.45) is -0.642. The highest BCUT2D eigenvalue weighted by molar-refractivity contribution is 5.80. The van der Waals surface area contributed by atoms with Crippen molar-refractivity contribution in [3.63, 3.8) is 0 Å². The van der Waals surface area contributed by atoms with Gasteiger partial charge in [0.15, 0.2) is 17.6 Å². The molecule has 0 spiro atoms. The quantitative estimate of drug-likeness (QED) is 0.848. The lowest BCUT2D eigenvalue weighted by Gasteiger charge is -2.17. The number of rotatable bonds is 7. The van der Waals surface area contributed by atoms with Crippen LogP contribution >= 0.6 is 0 Å². The molecule has 0 heterocycles. The number of methoxy groups -OCH3 is 2. The van der Waals surface area contributed by atoms with Crippen LogP contribution in [0, 0.1) is 6.92 Å². The Hall–Kier alpha value is -2.69. The van der Waals surface area contributed by atoms with Gasteiger partial charge < -0.3 is 19.5 Å². The average molecular weight is 329 g/mol. The van der Waals surface area contributed by atoms with Crippen LogP contribution in [0.15, 0.2) is 42.5 Å². The highest BCUT2D eigenvalue weighted by atomic mass is 16.5. The lowest BCUT2D eigenvalue weighted by Crippen LogP contribution is -2.36. The summed E-state index contributed by atoms with van der Waals surface area (Å²) < 4.78 is 16.3. The van der Waals surface area contributed by atoms with E-state index < -0.39 is 6.10 Å². The van der Waals surface area contributed by atoms with Gasteiger partial charge in [0, 0.05) is 12.1 Å². The van der Waals surface area contributed by atoms with E-state index in [1.807, 2.05) is 43.3 Å². The van der Waals surface area contributed by atoms with E-state index in [1.165, 1.54) is 0 Å². The van der Waals surface area contributed by atoms with Gasteiger partial charge in [-0.3, -0.25) is 4.79 Å². The molecule has 128 valence electrons. The molecule has 0 saturated carbocycles. The van der Waals surface area contributed by atoms with Gasteiger partial charge in [0.05, 0.1) is 14.2 Å². The fourth-order valence-corrected chi connectivity index (χ4v) is 2.29. The van der Waals surface area contributed by atoms with Crippen LogP contribution in [0.4, 0.5) is 0 Å². The van der Waals surface area contributed by atoms with Crippen molar-refractivity contribution in [1.82, 2.24) is 5.32 Å². The zero-order valence-electron chi connectivity index (χ0n) is 14.5. The van der Waals surface area contributed by atoms with Crippen molar-refractivity contribution in [2.24, 2.45) is 0 Å². The van der Waals surface area contributed by atoms with Gasteiger partial charge in [0.25, 0.3) is 5.91 Å². The minimum absolute atomic E-state index is 0.205. The smallest absolute Gasteiger partial charge is 0.261 e. The van der Waals surface area contributed by atoms with E-state index in [-0.39, 0.29) is 5.91 Å². The molecular weight excluding hydrogens is 306 g/mol. The van der Waals surface area contributed by atoms with Crippen molar-refractivity contribution in [2.45, 2.75) is 26.5 Å². The number of hydrogen-bond donors (Lipinski definition) is 1. The number of amides is 1. The van der Waals surface area contributed by atoms with E-state index in [2.05, 4.69) is 5.32 Å². The largest absolute Gasteiger partial charge is 0.496 e. The molecule has 2 rings (SSSR count). The SMILES string of the molecule is COc1ccccc1CNC(=O)[C@@H](C)Oc1ccc(C)cc1OC. The summed E-state index contributed by atoms with van der Waals surface area (Å²) in [7, 11) is 3.18. The van der Waals surface area contributed by atoms with Gasteiger partial charge in [-0.05, 0) is 37.6 Å². The maximum atomic E-state index is 12.3. The molecule has 0 saturated heterocycles. The Morgan fingerprint density at radius 2 is 1.75 bits per heavy atom. The minimum Gasteiger partial charge on any atom is -0.496 e. The van der Waals surface area contributed by atoms with Gasteiger partial charge in [-0.2, -0.15) is 0 Å². The second-order valence-corrected chi connectivity index (χ2v) is 5.44. The van der Waals surface area contributed by atoms with Crippen molar-refractivity contribution >= 4 is 5.91 Å². The van der Waals surface area contributed by atoms with E-state index in [4.69, 9.17) is 14.2 Å². The molecule has 5 nitrogen and oxygen atoms in total. The lowest BCUT2D eigenvalue weighted by molar-refractivity contribution is -0.127. The van der Waals surface area contributed by atoms with Crippen molar-refractivity contribution in [3.05, 3.63) is 53.6 Å². The minimum atomic E-state index is -0.642. The number of benzene rings is 2. The number of carbonyl (C=O) groups is 1. The predicted molar refractivity (Wildman–Crippen MR) is 92.7 cm³/mol. The summed E-state index contributed by atoms with van der Waals surface area (Å²) in [6.45, 7) is 4.05. The highest BCUT2D eigenvalue weighted by Crippen LogP contribution is 2.28. The first kappa shape index (κ1) is 17.7. The third kappa shape index (κ3) is 4.41. The van der Waals surface area contributed by atoms with Crippen molar-refractivity contribution in [1.29, 1.82) is 0 Å². The molecule has 0 aliphatic heterocycles. The zero-order chi connectivity index (χ0) is 17.5. The van der Waals surface area contributed by atoms with Crippen LogP contribution in [-0.4, -0.2) is 26.2 Å². The Kier molecular flexibility index (Phi) is 6.07. The standard InChI is InChI=1S/C19H23NO4/c1-13-9-10-17(18(11-13)23-4)24-14(2)19(21)20-12-15-7-5-6-8-16(15)22-3/h5-11,14H,12H2,1-4H3,(H,20,21)/t14-/m1/s1. The fourth-order valence-electron chi connectivity index (χ4n) is 2.29. The first-order valence-corrected chi connectivity index (χ1v) is 7.76. The maximum Gasteiger partial charge on any atom is 0.261 e. The van der Waals surface area contributed by atoms with Crippen LogP contribution in [0.3, 0.4) is 0 Å². The molecule has 1 atom stereocenters. The van der Waals surface area contributed by atoms with Gasteiger partial charge in [-0.15, -0.1) is 0 Å². The van der Waals surface area contributed by atoms with Crippen LogP contribution in [-0.2, 0) is 11.3 Å². The molecule has 0 aliphatic rings. The summed E-state index contributed by atoms with van der Waals surface area (Å²) in [5.74, 6) is 1.69. The van der Waals surface area contributed by atoms with Crippen molar-refractivity contribution in [3.8, 4) is 17.2 Å². The van der Waals surface area contributed by atoms with Crippen molar-refractivity contribution < 1.29 is 19.0 Å². The molecule has 2 aromatic rings. The first-order chi connectivity index (χ1) is 11.5. The Morgan fingerprint density at radius 3 is 2.46 bits per heavy atom. The third-order valence-electron chi connectivity index (χ3n) is 3.64. The van der Waals surface area contributed by atoms with Crippen LogP contribution < -0.4 is 19.5 Å². The number of para-hydroxylation sites is 1. The Morgan fingerprint density at radius 1 is 1.04 bits per heavy atom. The highest BCUT2D eigenvalue weighted by Gasteiger charge is 2.17. The van der Waals surface area contributed by atoms with E-state index in [9.17, 15) is 4.79 Å². The number of hydrogen-bond acceptors (Lipinski definition) is 4. The average Bonchev–Trinajstić information content (AvgIpc) is 2.61. The van der Waals surface area contributed by atoms with Crippen LogP contribution in [0.2, 0.25) is 0 Å². The first-order valence-electron chi connectivity index (χ1n) is 7.76. The predicted octanol–water partition coefficient (Wildman–Crippen LogP) is 3.10. The summed E-state index contributed by atoms with van der Waals surface area (Å²) in [4.78, 5) is 12.3. The maximum absolute atomic E-state index is 12.3. The molecule has 0 aliphatic carbocycles. The normalized spacial score (nSPS) is 11.5. The summed E-state index contributed by atoms with van der Waals surface area (Å²) in [5.41, 5.74) is 1.97. The Bertz CT molecular complexity index is 700. The molecule has 0 fully saturated rings. The van der Waals surface area contributed by atoms with Gasteiger partial charge in [0.1, 0.15) is 5.75 Å². The Balaban J connectivity index is 1.97. The number of nitrogens with one attached hydrogen (secondary N) is 1. The topological polar surface area (TPSA) is 56.8 Å². The Labute approximate surface area is 142 Å². The van der Waals surface area contributed by atoms with Gasteiger partial charge in [-0.1, -0.05) is 24.3 Å². The van der Waals surface area contributed by atoms with E-state index in [0.717, 1.165) is 16.9 Å². The molecule has 1 N–H and O–H groups in total. The molecule has 1 amide bonds. The summed E-state index contributed by atoms with van der Waals surface area (Å²) in [6, 6.07) is 13.1. The van der Waals surface area contributed by atoms with Crippen molar-refractivity contribution in [2.75, 3.05) is 14.2 Å². The third-order valence-corrected chi connectivity index (χ3v) is 3.64. The molecule has 24 heavy (non-hydrogen) atoms. The molecule has 0 unspecified atom stereocenters. The molecule has 0 bridgehead atoms. The molecule has 0 radical (unpaired) electrons. The van der Waals surface area contributed by atoms with Crippen LogP contribution in [0.1, 0.15) is 18.1 Å². The molecule has 5 heteroatoms. The second kappa shape index (κ2) is 8.24. The van der Waals surface area contributed by atoms with Gasteiger partial charge in [0.2, 0.25) is 0 Å². The lowest BCUT2D eigenvalue weighted by atomic mass is 10.2. The molecular formula is C19H23NO4. The number of carbonyl (C=O) groups excluding carboxylic acids is 1. The number of aryl methyl sites for hydroxylation is 1. The van der Waals surface area contributed by atoms with Gasteiger partial charge >= 0.3 is 0 Å². The van der Waals surface area contributed by atoms with E-state index in [1.54, 1.807) is 27.2 Å². The van der Waals surface area contributed by atoms with E-state index >= 15 is 0 Å². The summed E-state index contributed by atoms with van der Waals surface area (Å²) in [5, 5.41) is 2.86. The van der Waals surface area contributed by atoms with Crippen LogP contribution in [0.5, 0.6) is 17.2 Å². The van der Waals surface area contributed by atoms with E-state index in [0.29, 0.717) is 18.0 Å². The monoisotopic (exact) mass is 329 g/mol. The van der Waals surface area contributed by atoms with Gasteiger partial charge in [-0.25, -0.2) is 0 Å². The van der Waals surface area contributed by atoms with Crippen LogP contribution in [0.25, 0.3) is 0 Å². The fraction of sp³-hybridized carbons (Fsp3) is 0.316. The second-order valence-electron chi connectivity index (χ2n) is 5.44.